The molecule has 5 heteroatoms. The lowest BCUT2D eigenvalue weighted by molar-refractivity contribution is 0.475. The normalized spacial score (nSPS) is 16.7. The topological polar surface area (TPSA) is 69.7 Å². The standard InChI is InChI=1S/C44H28N4.C6H6O/c1-5-13-29(14-6-1)38-27-37-26-35-22-21-33(45-35)25-34-23-24-36(46-34)28-39-40(30-15-7-2-8-16-30)41(31-17-9-3-10-18-31)44(48-39)42(43(38)47-37)32-19-11-4-12-20-32;7-6-4-2-1-3-5-6/h1-28H;1-5,7H. The van der Waals surface area contributed by atoms with E-state index in [0.717, 1.165) is 90.2 Å². The molecule has 5 heterocycles. The van der Waals surface area contributed by atoms with Crippen LogP contribution in [-0.2, 0) is 0 Å². The molecule has 5 aliphatic rings. The van der Waals surface area contributed by atoms with Crippen LogP contribution >= 0.6 is 0 Å². The van der Waals surface area contributed by atoms with E-state index in [0.29, 0.717) is 5.75 Å². The molecule has 0 spiro atoms. The fourth-order valence-electron chi connectivity index (χ4n) is 7.06. The molecule has 1 N–H and O–H groups in total. The van der Waals surface area contributed by atoms with Crippen LogP contribution in [0.1, 0.15) is 22.3 Å². The van der Waals surface area contributed by atoms with Crippen LogP contribution in [0.2, 0.25) is 0 Å². The number of phenols is 1. The van der Waals surface area contributed by atoms with Gasteiger partial charge in [-0.15, -0.1) is 0 Å². The molecule has 0 aromatic heterocycles. The Labute approximate surface area is 320 Å². The Bertz CT molecular complexity index is 2680. The Morgan fingerprint density at radius 3 is 1.33 bits per heavy atom. The van der Waals surface area contributed by atoms with Crippen LogP contribution in [0.5, 0.6) is 5.75 Å². The molecule has 10 rings (SSSR count). The van der Waals surface area contributed by atoms with Gasteiger partial charge in [0.25, 0.3) is 0 Å². The number of allylic oxidation sites excluding steroid dienone is 12. The average Bonchev–Trinajstić information content (AvgIpc) is 4.05. The van der Waals surface area contributed by atoms with Crippen LogP contribution in [0.3, 0.4) is 0 Å². The molecular formula is C50H34N4O. The molecule has 5 aromatic rings. The average molecular weight is 707 g/mol. The van der Waals surface area contributed by atoms with Crippen LogP contribution in [0.25, 0.3) is 22.3 Å². The molecule has 55 heavy (non-hydrogen) atoms. The van der Waals surface area contributed by atoms with Gasteiger partial charge in [0.1, 0.15) is 5.75 Å². The number of aliphatic imine (C=N–C) groups is 4. The molecule has 5 aromatic carbocycles. The quantitative estimate of drug-likeness (QED) is 0.199. The van der Waals surface area contributed by atoms with Gasteiger partial charge in [-0.1, -0.05) is 140 Å². The lowest BCUT2D eigenvalue weighted by atomic mass is 9.86. The molecule has 5 aliphatic heterocycles. The van der Waals surface area contributed by atoms with E-state index >= 15 is 0 Å². The number of aromatic hydroxyl groups is 1. The van der Waals surface area contributed by atoms with Crippen molar-refractivity contribution in [2.24, 2.45) is 20.0 Å². The summed E-state index contributed by atoms with van der Waals surface area (Å²) in [6.07, 6.45) is 16.5. The number of fused-ring (bicyclic) bond motifs is 4. The number of benzene rings is 5. The minimum atomic E-state index is 0.322. The smallest absolute Gasteiger partial charge is 0.115 e. The Morgan fingerprint density at radius 2 is 0.800 bits per heavy atom. The second-order valence-electron chi connectivity index (χ2n) is 13.2. The second-order valence-corrected chi connectivity index (χ2v) is 13.2. The predicted octanol–water partition coefficient (Wildman–Crippen LogP) is 11.1. The Morgan fingerprint density at radius 1 is 0.345 bits per heavy atom. The molecule has 0 unspecified atom stereocenters. The highest BCUT2D eigenvalue weighted by atomic mass is 16.3. The summed E-state index contributed by atoms with van der Waals surface area (Å²) in [7, 11) is 0. The number of hydrogen-bond donors (Lipinski definition) is 1. The van der Waals surface area contributed by atoms with E-state index < -0.39 is 0 Å². The summed E-state index contributed by atoms with van der Waals surface area (Å²) in [5.74, 6) is 0.322. The van der Waals surface area contributed by atoms with Gasteiger partial charge in [-0.3, -0.25) is 0 Å². The third-order valence-corrected chi connectivity index (χ3v) is 9.51. The van der Waals surface area contributed by atoms with E-state index in [1.807, 2.05) is 42.5 Å². The van der Waals surface area contributed by atoms with E-state index in [1.54, 1.807) is 24.3 Å². The monoisotopic (exact) mass is 706 g/mol. The Kier molecular flexibility index (Phi) is 9.01. The molecule has 0 saturated carbocycles. The summed E-state index contributed by atoms with van der Waals surface area (Å²) in [6.45, 7) is 0. The van der Waals surface area contributed by atoms with E-state index in [1.165, 1.54) is 0 Å². The van der Waals surface area contributed by atoms with Crippen molar-refractivity contribution in [2.45, 2.75) is 0 Å². The van der Waals surface area contributed by atoms with Crippen LogP contribution in [0.15, 0.2) is 243 Å². The minimum absolute atomic E-state index is 0.322. The molecule has 0 saturated heterocycles. The molecule has 0 amide bonds. The number of para-hydroxylation sites is 1. The fourth-order valence-corrected chi connectivity index (χ4v) is 7.06. The van der Waals surface area contributed by atoms with Gasteiger partial charge >= 0.3 is 0 Å². The van der Waals surface area contributed by atoms with Crippen molar-refractivity contribution in [2.75, 3.05) is 0 Å². The molecule has 8 bridgehead atoms. The largest absolute Gasteiger partial charge is 0.508 e. The lowest BCUT2D eigenvalue weighted by Crippen LogP contribution is -2.07. The van der Waals surface area contributed by atoms with Gasteiger partial charge in [0.05, 0.1) is 45.6 Å². The highest BCUT2D eigenvalue weighted by Gasteiger charge is 2.32. The highest BCUT2D eigenvalue weighted by Crippen LogP contribution is 2.46. The van der Waals surface area contributed by atoms with Crippen molar-refractivity contribution < 1.29 is 5.11 Å². The SMILES string of the molecule is C1=CC2=NC1=CC1=NC(=C(c3ccccc3)C3=NC(=CC4=NC(=C2)C=C4)C=C3c2ccccc2)C(c2ccccc2)=C1c1ccccc1.Oc1ccccc1. The maximum absolute atomic E-state index is 8.63. The first-order valence-electron chi connectivity index (χ1n) is 18.2. The van der Waals surface area contributed by atoms with Crippen molar-refractivity contribution in [3.63, 3.8) is 0 Å². The van der Waals surface area contributed by atoms with Crippen molar-refractivity contribution >= 4 is 45.1 Å². The van der Waals surface area contributed by atoms with Gasteiger partial charge in [-0.2, -0.15) is 0 Å². The number of phenolic OH excluding ortho intramolecular Hbond substituents is 1. The van der Waals surface area contributed by atoms with E-state index in [9.17, 15) is 0 Å². The number of hydrogen-bond acceptors (Lipinski definition) is 5. The molecular weight excluding hydrogens is 673 g/mol. The summed E-state index contributed by atoms with van der Waals surface area (Å²) in [6, 6.07) is 50.8. The first-order valence-corrected chi connectivity index (χ1v) is 18.2. The van der Waals surface area contributed by atoms with Crippen LogP contribution in [-0.4, -0.2) is 28.0 Å². The Hall–Kier alpha value is -7.50. The van der Waals surface area contributed by atoms with Gasteiger partial charge in [0.2, 0.25) is 0 Å². The minimum Gasteiger partial charge on any atom is -0.508 e. The predicted molar refractivity (Wildman–Crippen MR) is 228 cm³/mol. The van der Waals surface area contributed by atoms with Crippen molar-refractivity contribution in [3.8, 4) is 5.75 Å². The van der Waals surface area contributed by atoms with E-state index in [4.69, 9.17) is 25.1 Å². The van der Waals surface area contributed by atoms with Crippen molar-refractivity contribution in [3.05, 3.63) is 245 Å². The van der Waals surface area contributed by atoms with Crippen molar-refractivity contribution in [1.29, 1.82) is 0 Å². The highest BCUT2D eigenvalue weighted by molar-refractivity contribution is 6.50. The van der Waals surface area contributed by atoms with E-state index in [-0.39, 0.29) is 0 Å². The molecule has 0 fully saturated rings. The molecule has 260 valence electrons. The first kappa shape index (κ1) is 33.3. The third-order valence-electron chi connectivity index (χ3n) is 9.51. The number of rotatable bonds is 4. The summed E-state index contributed by atoms with van der Waals surface area (Å²) in [4.78, 5) is 20.8. The molecule has 5 nitrogen and oxygen atoms in total. The molecule has 0 atom stereocenters. The van der Waals surface area contributed by atoms with Gasteiger partial charge in [0.15, 0.2) is 0 Å². The Balaban J connectivity index is 0.000000513. The summed E-state index contributed by atoms with van der Waals surface area (Å²) < 4.78 is 0. The lowest BCUT2D eigenvalue weighted by Gasteiger charge is -2.17. The van der Waals surface area contributed by atoms with E-state index in [2.05, 4.69) is 133 Å². The van der Waals surface area contributed by atoms with Gasteiger partial charge in [0, 0.05) is 22.3 Å². The van der Waals surface area contributed by atoms with Crippen molar-refractivity contribution in [1.82, 2.24) is 0 Å². The van der Waals surface area contributed by atoms with Crippen LogP contribution in [0.4, 0.5) is 0 Å². The van der Waals surface area contributed by atoms with Crippen LogP contribution < -0.4 is 0 Å². The summed E-state index contributed by atoms with van der Waals surface area (Å²) >= 11 is 0. The zero-order chi connectivity index (χ0) is 37.0. The van der Waals surface area contributed by atoms with Gasteiger partial charge in [-0.25, -0.2) is 20.0 Å². The molecule has 0 aliphatic carbocycles. The molecule has 0 radical (unpaired) electrons. The van der Waals surface area contributed by atoms with Crippen LogP contribution in [0, 0.1) is 0 Å². The fraction of sp³-hybridized carbons (Fsp3) is 0. The summed E-state index contributed by atoms with van der Waals surface area (Å²) in [5.41, 5.74) is 15.3. The second kappa shape index (κ2) is 14.9. The number of nitrogens with zero attached hydrogens (tertiary/aromatic N) is 4. The maximum atomic E-state index is 8.63. The summed E-state index contributed by atoms with van der Waals surface area (Å²) in [5, 5.41) is 8.63. The zero-order valence-electron chi connectivity index (χ0n) is 29.8. The van der Waals surface area contributed by atoms with Gasteiger partial charge in [-0.05, 0) is 83.0 Å². The zero-order valence-corrected chi connectivity index (χ0v) is 29.8. The maximum Gasteiger partial charge on any atom is 0.115 e. The first-order chi connectivity index (χ1) is 27.2. The van der Waals surface area contributed by atoms with Gasteiger partial charge < -0.3 is 5.11 Å². The third kappa shape index (κ3) is 7.02.